The van der Waals surface area contributed by atoms with Crippen LogP contribution in [-0.4, -0.2) is 26.3 Å². The summed E-state index contributed by atoms with van der Waals surface area (Å²) in [6.07, 6.45) is -0.0513. The maximum atomic E-state index is 12.9. The Morgan fingerprint density at radius 1 is 1.10 bits per heavy atom. The van der Waals surface area contributed by atoms with Crippen molar-refractivity contribution in [1.82, 2.24) is 14.6 Å². The Hall–Kier alpha value is -2.81. The number of carbonyl (C=O) groups is 2. The van der Waals surface area contributed by atoms with E-state index in [2.05, 4.69) is 15.4 Å². The van der Waals surface area contributed by atoms with E-state index in [0.717, 1.165) is 11.3 Å². The fourth-order valence-corrected chi connectivity index (χ4v) is 4.14. The molecule has 2 aromatic carbocycles. The van der Waals surface area contributed by atoms with Crippen LogP contribution >= 0.6 is 34.5 Å². The van der Waals surface area contributed by atoms with Crippen LogP contribution in [0.5, 0.6) is 0 Å². The van der Waals surface area contributed by atoms with Crippen molar-refractivity contribution in [3.8, 4) is 11.3 Å². The van der Waals surface area contributed by atoms with Crippen molar-refractivity contribution in [3.05, 3.63) is 69.3 Å². The van der Waals surface area contributed by atoms with Gasteiger partial charge < -0.3 is 0 Å². The predicted octanol–water partition coefficient (Wildman–Crippen LogP) is 5.51. The van der Waals surface area contributed by atoms with Crippen molar-refractivity contribution >= 4 is 57.1 Å². The van der Waals surface area contributed by atoms with Crippen molar-refractivity contribution in [3.63, 3.8) is 0 Å². The Morgan fingerprint density at radius 3 is 2.60 bits per heavy atom. The van der Waals surface area contributed by atoms with Gasteiger partial charge in [-0.3, -0.25) is 14.9 Å². The third-order valence-electron chi connectivity index (χ3n) is 4.29. The number of carbonyl (C=O) groups excluding carboxylic acids is 2. The molecule has 0 atom stereocenters. The van der Waals surface area contributed by atoms with Gasteiger partial charge in [-0.15, -0.1) is 16.4 Å². The monoisotopic (exact) mass is 462 g/mol. The van der Waals surface area contributed by atoms with Crippen LogP contribution in [0.3, 0.4) is 0 Å². The lowest BCUT2D eigenvalue weighted by Gasteiger charge is -2.03. The SMILES string of the molecule is O=C(CCC(=O)c1ccc(F)cc1)Nc1nc2scc(-c3ccc(Cl)cc3Cl)n2n1. The number of aromatic nitrogens is 3. The first-order valence-electron chi connectivity index (χ1n) is 8.79. The molecule has 6 nitrogen and oxygen atoms in total. The Bertz CT molecular complexity index is 1250. The molecule has 0 radical (unpaired) electrons. The molecule has 2 heterocycles. The van der Waals surface area contributed by atoms with Gasteiger partial charge in [0.25, 0.3) is 0 Å². The third kappa shape index (κ3) is 4.35. The average molecular weight is 463 g/mol. The van der Waals surface area contributed by atoms with Gasteiger partial charge in [-0.25, -0.2) is 8.91 Å². The van der Waals surface area contributed by atoms with Crippen molar-refractivity contribution in [2.75, 3.05) is 5.32 Å². The van der Waals surface area contributed by atoms with Crippen molar-refractivity contribution in [2.45, 2.75) is 12.8 Å². The number of halogens is 3. The topological polar surface area (TPSA) is 76.4 Å². The average Bonchev–Trinajstić information content (AvgIpc) is 3.27. The zero-order valence-corrected chi connectivity index (χ0v) is 17.6. The number of fused-ring (bicyclic) bond motifs is 1. The van der Waals surface area contributed by atoms with E-state index < -0.39 is 11.7 Å². The number of anilines is 1. The molecule has 10 heteroatoms. The number of hydrogen-bond acceptors (Lipinski definition) is 5. The highest BCUT2D eigenvalue weighted by Gasteiger charge is 2.16. The Morgan fingerprint density at radius 2 is 1.87 bits per heavy atom. The van der Waals surface area contributed by atoms with Gasteiger partial charge in [-0.1, -0.05) is 23.2 Å². The van der Waals surface area contributed by atoms with Crippen LogP contribution in [0.1, 0.15) is 23.2 Å². The summed E-state index contributed by atoms with van der Waals surface area (Å²) in [6, 6.07) is 10.4. The molecule has 0 aliphatic carbocycles. The van der Waals surface area contributed by atoms with Crippen molar-refractivity contribution < 1.29 is 14.0 Å². The number of nitrogens with zero attached hydrogens (tertiary/aromatic N) is 3. The van der Waals surface area contributed by atoms with E-state index in [9.17, 15) is 14.0 Å². The van der Waals surface area contributed by atoms with E-state index in [-0.39, 0.29) is 24.6 Å². The smallest absolute Gasteiger partial charge is 0.250 e. The Labute approximate surface area is 184 Å². The molecule has 2 aromatic heterocycles. The molecule has 1 amide bonds. The largest absolute Gasteiger partial charge is 0.294 e. The maximum Gasteiger partial charge on any atom is 0.250 e. The number of nitrogens with one attached hydrogen (secondary N) is 1. The fraction of sp³-hybridized carbons (Fsp3) is 0.100. The van der Waals surface area contributed by atoms with Crippen LogP contribution in [0.4, 0.5) is 10.3 Å². The molecule has 152 valence electrons. The summed E-state index contributed by atoms with van der Waals surface area (Å²) in [5.74, 6) is -0.930. The summed E-state index contributed by atoms with van der Waals surface area (Å²) in [6.45, 7) is 0. The van der Waals surface area contributed by atoms with Gasteiger partial charge in [0.15, 0.2) is 5.78 Å². The highest BCUT2D eigenvalue weighted by atomic mass is 35.5. The molecule has 0 aliphatic heterocycles. The van der Waals surface area contributed by atoms with Crippen LogP contribution in [0, 0.1) is 5.82 Å². The van der Waals surface area contributed by atoms with Gasteiger partial charge in [0, 0.05) is 34.4 Å². The molecular formula is C20H13Cl2FN4O2S. The van der Waals surface area contributed by atoms with E-state index in [4.69, 9.17) is 23.2 Å². The van der Waals surface area contributed by atoms with Crippen LogP contribution in [0.15, 0.2) is 47.8 Å². The second kappa shape index (κ2) is 8.51. The lowest BCUT2D eigenvalue weighted by Crippen LogP contribution is -2.14. The summed E-state index contributed by atoms with van der Waals surface area (Å²) < 4.78 is 14.5. The minimum absolute atomic E-state index is 0.00861. The number of thiazole rings is 1. The summed E-state index contributed by atoms with van der Waals surface area (Å²) in [5.41, 5.74) is 1.81. The van der Waals surface area contributed by atoms with Crippen LogP contribution in [-0.2, 0) is 4.79 Å². The van der Waals surface area contributed by atoms with Gasteiger partial charge >= 0.3 is 0 Å². The summed E-state index contributed by atoms with van der Waals surface area (Å²) in [7, 11) is 0. The van der Waals surface area contributed by atoms with Gasteiger partial charge in [-0.05, 0) is 42.5 Å². The zero-order valence-electron chi connectivity index (χ0n) is 15.2. The Kier molecular flexibility index (Phi) is 5.80. The van der Waals surface area contributed by atoms with Gasteiger partial charge in [-0.2, -0.15) is 4.98 Å². The predicted molar refractivity (Wildman–Crippen MR) is 115 cm³/mol. The molecule has 4 aromatic rings. The molecule has 4 rings (SSSR count). The summed E-state index contributed by atoms with van der Waals surface area (Å²) in [5, 5.41) is 9.77. The summed E-state index contributed by atoms with van der Waals surface area (Å²) in [4.78, 5) is 29.2. The molecule has 1 N–H and O–H groups in total. The molecule has 0 unspecified atom stereocenters. The highest BCUT2D eigenvalue weighted by molar-refractivity contribution is 7.15. The van der Waals surface area contributed by atoms with E-state index in [1.165, 1.54) is 35.6 Å². The number of ketones is 1. The molecule has 0 bridgehead atoms. The van der Waals surface area contributed by atoms with Crippen LogP contribution < -0.4 is 5.32 Å². The van der Waals surface area contributed by atoms with E-state index >= 15 is 0 Å². The highest BCUT2D eigenvalue weighted by Crippen LogP contribution is 2.33. The molecule has 30 heavy (non-hydrogen) atoms. The first kappa shape index (κ1) is 20.5. The fourth-order valence-electron chi connectivity index (χ4n) is 2.81. The van der Waals surface area contributed by atoms with Gasteiger partial charge in [0.1, 0.15) is 5.82 Å². The quantitative estimate of drug-likeness (QED) is 0.383. The second-order valence-corrected chi connectivity index (χ2v) is 8.03. The van der Waals surface area contributed by atoms with Crippen molar-refractivity contribution in [1.29, 1.82) is 0 Å². The summed E-state index contributed by atoms with van der Waals surface area (Å²) >= 11 is 13.6. The zero-order chi connectivity index (χ0) is 21.3. The maximum absolute atomic E-state index is 12.9. The number of rotatable bonds is 6. The molecule has 0 saturated heterocycles. The minimum Gasteiger partial charge on any atom is -0.294 e. The molecule has 0 saturated carbocycles. The molecular weight excluding hydrogens is 450 g/mol. The lowest BCUT2D eigenvalue weighted by atomic mass is 10.1. The molecule has 0 spiro atoms. The third-order valence-corrected chi connectivity index (χ3v) is 5.65. The number of amides is 1. The second-order valence-electron chi connectivity index (χ2n) is 6.35. The molecule has 0 aliphatic rings. The number of hydrogen-bond donors (Lipinski definition) is 1. The van der Waals surface area contributed by atoms with Crippen LogP contribution in [0.25, 0.3) is 16.2 Å². The lowest BCUT2D eigenvalue weighted by molar-refractivity contribution is -0.116. The van der Waals surface area contributed by atoms with Crippen molar-refractivity contribution in [2.24, 2.45) is 0 Å². The van der Waals surface area contributed by atoms with E-state index in [1.807, 2.05) is 5.38 Å². The number of Topliss-reactive ketones (excluding diaryl/α,β-unsaturated/α-hetero) is 1. The first-order chi connectivity index (χ1) is 14.4. The number of benzene rings is 2. The normalized spacial score (nSPS) is 11.0. The molecule has 0 fully saturated rings. The van der Waals surface area contributed by atoms with Gasteiger partial charge in [0.2, 0.25) is 16.8 Å². The van der Waals surface area contributed by atoms with E-state index in [1.54, 1.807) is 22.7 Å². The minimum atomic E-state index is -0.422. The first-order valence-corrected chi connectivity index (χ1v) is 10.4. The van der Waals surface area contributed by atoms with Gasteiger partial charge in [0.05, 0.1) is 10.7 Å². The Balaban J connectivity index is 1.44. The standard InChI is InChI=1S/C20H13Cl2FN4O2S/c21-12-3-6-14(15(22)9-12)16-10-30-20-25-19(26-27(16)20)24-18(29)8-7-17(28)11-1-4-13(23)5-2-11/h1-6,9-10H,7-8H2,(H,24,26,29). The van der Waals surface area contributed by atoms with Crippen LogP contribution in [0.2, 0.25) is 10.0 Å². The van der Waals surface area contributed by atoms with E-state index in [0.29, 0.717) is 20.6 Å².